The van der Waals surface area contributed by atoms with Crippen LogP contribution >= 0.6 is 0 Å². The molecule has 3 unspecified atom stereocenters. The number of fused-ring (bicyclic) bond motifs is 1. The molecule has 1 fully saturated rings. The molecular formula is C28H40N2O6. The van der Waals surface area contributed by atoms with Crippen LogP contribution in [0.2, 0.25) is 0 Å². The number of aliphatic carboxylic acids is 1. The summed E-state index contributed by atoms with van der Waals surface area (Å²) in [4.78, 5) is 26.5. The number of carbonyl (C=O) groups excluding carboxylic acids is 1. The Morgan fingerprint density at radius 1 is 1.08 bits per heavy atom. The fraction of sp³-hybridized carbons (Fsp3) is 0.571. The van der Waals surface area contributed by atoms with Crippen molar-refractivity contribution in [1.29, 1.82) is 0 Å². The van der Waals surface area contributed by atoms with E-state index >= 15 is 0 Å². The van der Waals surface area contributed by atoms with E-state index in [0.29, 0.717) is 18.0 Å². The summed E-state index contributed by atoms with van der Waals surface area (Å²) in [5.41, 5.74) is 0.952. The standard InChI is InChI=1S/C19H21NO5.C9H19NO/c1-3-12-5-7-15(25-12)18-17(19(21)22)13(9-20(18)2)11-4-6-14-16(8-11)24-10-23-14;1-3-5-7-10(9-11)8-6-4-2/h4-8,13,17-18H,3,9-10H2,1-2H3,(H,21,22);9H,3-8H2,1-2H3. The molecule has 0 radical (unpaired) electrons. The lowest BCUT2D eigenvalue weighted by Gasteiger charge is -2.21. The number of likely N-dealkylation sites (tertiary alicyclic amines) is 1. The third kappa shape index (κ3) is 6.60. The number of benzene rings is 1. The predicted octanol–water partition coefficient (Wildman–Crippen LogP) is 5.09. The molecule has 2 aromatic rings. The molecular weight excluding hydrogens is 460 g/mol. The molecule has 8 heteroatoms. The molecule has 198 valence electrons. The summed E-state index contributed by atoms with van der Waals surface area (Å²) in [6.45, 7) is 9.01. The van der Waals surface area contributed by atoms with E-state index in [9.17, 15) is 14.7 Å². The number of carboxylic acid groups (broad SMARTS) is 1. The normalized spacial score (nSPS) is 20.6. The molecule has 8 nitrogen and oxygen atoms in total. The number of furan rings is 1. The first-order valence-electron chi connectivity index (χ1n) is 13.0. The highest BCUT2D eigenvalue weighted by Crippen LogP contribution is 2.47. The number of rotatable bonds is 11. The minimum Gasteiger partial charge on any atom is -0.481 e. The Kier molecular flexibility index (Phi) is 10.2. The summed E-state index contributed by atoms with van der Waals surface area (Å²) in [6, 6.07) is 9.23. The Morgan fingerprint density at radius 3 is 2.36 bits per heavy atom. The van der Waals surface area contributed by atoms with E-state index in [2.05, 4.69) is 18.7 Å². The molecule has 0 spiro atoms. The topological polar surface area (TPSA) is 92.5 Å². The second-order valence-corrected chi connectivity index (χ2v) is 9.47. The average Bonchev–Trinajstić information content (AvgIpc) is 3.62. The van der Waals surface area contributed by atoms with Crippen LogP contribution < -0.4 is 9.47 Å². The summed E-state index contributed by atoms with van der Waals surface area (Å²) in [6.07, 6.45) is 6.34. The number of carbonyl (C=O) groups is 2. The third-order valence-corrected chi connectivity index (χ3v) is 6.91. The van der Waals surface area contributed by atoms with E-state index in [1.165, 1.54) is 0 Å². The maximum atomic E-state index is 12.1. The number of hydrogen-bond donors (Lipinski definition) is 1. The lowest BCUT2D eigenvalue weighted by atomic mass is 9.84. The van der Waals surface area contributed by atoms with Gasteiger partial charge >= 0.3 is 5.97 Å². The van der Waals surface area contributed by atoms with Crippen molar-refractivity contribution in [3.63, 3.8) is 0 Å². The zero-order valence-corrected chi connectivity index (χ0v) is 21.9. The van der Waals surface area contributed by atoms with Crippen molar-refractivity contribution in [2.45, 2.75) is 64.8 Å². The van der Waals surface area contributed by atoms with E-state index in [1.807, 2.05) is 49.2 Å². The van der Waals surface area contributed by atoms with E-state index < -0.39 is 11.9 Å². The first kappa shape index (κ1) is 27.6. The molecule has 1 aromatic carbocycles. The van der Waals surface area contributed by atoms with Crippen LogP contribution in [0.15, 0.2) is 34.7 Å². The molecule has 4 rings (SSSR count). The van der Waals surface area contributed by atoms with Gasteiger partial charge in [-0.15, -0.1) is 0 Å². The summed E-state index contributed by atoms with van der Waals surface area (Å²) in [7, 11) is 1.95. The second-order valence-electron chi connectivity index (χ2n) is 9.47. The highest BCUT2D eigenvalue weighted by atomic mass is 16.7. The lowest BCUT2D eigenvalue weighted by Crippen LogP contribution is -2.26. The number of ether oxygens (including phenoxy) is 2. The summed E-state index contributed by atoms with van der Waals surface area (Å²) in [5.74, 6) is 1.44. The molecule has 0 aliphatic carbocycles. The largest absolute Gasteiger partial charge is 0.481 e. The summed E-state index contributed by atoms with van der Waals surface area (Å²) >= 11 is 0. The van der Waals surface area contributed by atoms with Crippen LogP contribution in [0.5, 0.6) is 11.5 Å². The number of nitrogens with zero attached hydrogens (tertiary/aromatic N) is 2. The summed E-state index contributed by atoms with van der Waals surface area (Å²) < 4.78 is 16.7. The van der Waals surface area contributed by atoms with Crippen LogP contribution in [0.4, 0.5) is 0 Å². The van der Waals surface area contributed by atoms with Crippen molar-refractivity contribution < 1.29 is 28.6 Å². The molecule has 2 aliphatic rings. The van der Waals surface area contributed by atoms with Crippen LogP contribution in [0.1, 0.15) is 75.5 Å². The van der Waals surface area contributed by atoms with Crippen LogP contribution in [-0.2, 0) is 16.0 Å². The molecule has 36 heavy (non-hydrogen) atoms. The Hall–Kier alpha value is -3.00. The Balaban J connectivity index is 0.000000280. The lowest BCUT2D eigenvalue weighted by molar-refractivity contribution is -0.143. The number of likely N-dealkylation sites (N-methyl/N-ethyl adjacent to an activating group) is 1. The van der Waals surface area contributed by atoms with Crippen molar-refractivity contribution in [2.75, 3.05) is 33.5 Å². The molecule has 1 saturated heterocycles. The van der Waals surface area contributed by atoms with Gasteiger partial charge in [0, 0.05) is 32.0 Å². The second kappa shape index (κ2) is 13.3. The Labute approximate surface area is 214 Å². The Morgan fingerprint density at radius 2 is 1.78 bits per heavy atom. The molecule has 2 aliphatic heterocycles. The van der Waals surface area contributed by atoms with Gasteiger partial charge < -0.3 is 23.9 Å². The van der Waals surface area contributed by atoms with Gasteiger partial charge in [0.05, 0.1) is 12.0 Å². The van der Waals surface area contributed by atoms with E-state index in [0.717, 1.165) is 68.7 Å². The third-order valence-electron chi connectivity index (χ3n) is 6.91. The van der Waals surface area contributed by atoms with Crippen molar-refractivity contribution in [2.24, 2.45) is 5.92 Å². The van der Waals surface area contributed by atoms with Gasteiger partial charge in [-0.05, 0) is 49.7 Å². The predicted molar refractivity (Wildman–Crippen MR) is 137 cm³/mol. The van der Waals surface area contributed by atoms with Gasteiger partial charge in [0.2, 0.25) is 13.2 Å². The zero-order valence-electron chi connectivity index (χ0n) is 21.9. The smallest absolute Gasteiger partial charge is 0.309 e. The van der Waals surface area contributed by atoms with E-state index in [-0.39, 0.29) is 18.8 Å². The van der Waals surface area contributed by atoms with Crippen molar-refractivity contribution in [3.05, 3.63) is 47.4 Å². The molecule has 3 heterocycles. The van der Waals surface area contributed by atoms with Crippen LogP contribution in [0, 0.1) is 5.92 Å². The number of amides is 1. The molecule has 0 bridgehead atoms. The monoisotopic (exact) mass is 500 g/mol. The first-order chi connectivity index (χ1) is 17.4. The number of aryl methyl sites for hydroxylation is 1. The SMILES string of the molecule is CCCCN(C=O)CCCC.CCc1ccc(C2C(C(=O)O)C(c3ccc4c(c3)OCO4)CN2C)o1. The molecule has 1 N–H and O–H groups in total. The van der Waals surface area contributed by atoms with Crippen LogP contribution in [-0.4, -0.2) is 60.8 Å². The summed E-state index contributed by atoms with van der Waals surface area (Å²) in [5, 5.41) is 9.93. The van der Waals surface area contributed by atoms with Crippen molar-refractivity contribution in [1.82, 2.24) is 9.80 Å². The minimum absolute atomic E-state index is 0.142. The Bertz CT molecular complexity index is 982. The van der Waals surface area contributed by atoms with Gasteiger partial charge in [0.25, 0.3) is 0 Å². The number of hydrogen-bond acceptors (Lipinski definition) is 6. The number of unbranched alkanes of at least 4 members (excludes halogenated alkanes) is 2. The van der Waals surface area contributed by atoms with E-state index in [1.54, 1.807) is 0 Å². The van der Waals surface area contributed by atoms with Gasteiger partial charge in [-0.2, -0.15) is 0 Å². The van der Waals surface area contributed by atoms with Gasteiger partial charge in [0.15, 0.2) is 11.5 Å². The average molecular weight is 501 g/mol. The molecule has 1 amide bonds. The van der Waals surface area contributed by atoms with Gasteiger partial charge in [0.1, 0.15) is 11.5 Å². The van der Waals surface area contributed by atoms with Gasteiger partial charge in [-0.1, -0.05) is 39.7 Å². The van der Waals surface area contributed by atoms with Crippen molar-refractivity contribution >= 4 is 12.4 Å². The fourth-order valence-electron chi connectivity index (χ4n) is 4.87. The molecule has 3 atom stereocenters. The van der Waals surface area contributed by atoms with Crippen molar-refractivity contribution in [3.8, 4) is 11.5 Å². The quantitative estimate of drug-likeness (QED) is 0.430. The molecule has 0 saturated carbocycles. The van der Waals surface area contributed by atoms with Gasteiger partial charge in [-0.3, -0.25) is 14.5 Å². The minimum atomic E-state index is -0.813. The first-order valence-corrected chi connectivity index (χ1v) is 13.0. The maximum Gasteiger partial charge on any atom is 0.309 e. The maximum absolute atomic E-state index is 12.1. The van der Waals surface area contributed by atoms with Gasteiger partial charge in [-0.25, -0.2) is 0 Å². The molecule has 1 aromatic heterocycles. The zero-order chi connectivity index (χ0) is 26.1. The highest BCUT2D eigenvalue weighted by molar-refractivity contribution is 5.73. The fourth-order valence-corrected chi connectivity index (χ4v) is 4.87. The van der Waals surface area contributed by atoms with Crippen LogP contribution in [0.25, 0.3) is 0 Å². The number of carboxylic acids is 1. The highest BCUT2D eigenvalue weighted by Gasteiger charge is 2.47. The van der Waals surface area contributed by atoms with Crippen LogP contribution in [0.3, 0.4) is 0 Å². The van der Waals surface area contributed by atoms with E-state index in [4.69, 9.17) is 13.9 Å².